The monoisotopic (exact) mass is 330 g/mol. The number of aromatic nitrogens is 3. The molecular formula is C13H22N4O2S2. The largest absolute Gasteiger partial charge is 0.340 e. The lowest BCUT2D eigenvalue weighted by atomic mass is 9.95. The lowest BCUT2D eigenvalue weighted by Crippen LogP contribution is -2.31. The van der Waals surface area contributed by atoms with E-state index >= 15 is 0 Å². The van der Waals surface area contributed by atoms with Crippen molar-refractivity contribution in [1.82, 2.24) is 14.8 Å². The Morgan fingerprint density at radius 3 is 2.62 bits per heavy atom. The number of nitrogens with zero attached hydrogens (tertiary/aromatic N) is 3. The van der Waals surface area contributed by atoms with Crippen LogP contribution < -0.4 is 4.90 Å². The molecule has 1 aliphatic heterocycles. The zero-order valence-electron chi connectivity index (χ0n) is 12.1. The fourth-order valence-electron chi connectivity index (χ4n) is 3.33. The van der Waals surface area contributed by atoms with Crippen molar-refractivity contribution < 1.29 is 8.42 Å². The van der Waals surface area contributed by atoms with Crippen LogP contribution >= 0.6 is 12.2 Å². The summed E-state index contributed by atoms with van der Waals surface area (Å²) in [5.74, 6) is 1.30. The van der Waals surface area contributed by atoms with E-state index in [2.05, 4.69) is 19.7 Å². The van der Waals surface area contributed by atoms with Crippen molar-refractivity contribution >= 4 is 28.0 Å². The highest BCUT2D eigenvalue weighted by atomic mass is 32.2. The number of nitrogens with one attached hydrogen (secondary N) is 1. The predicted molar refractivity (Wildman–Crippen MR) is 85.0 cm³/mol. The Balaban J connectivity index is 1.87. The zero-order chi connectivity index (χ0) is 14.9. The van der Waals surface area contributed by atoms with Crippen LogP contribution in [0.4, 0.5) is 5.95 Å². The van der Waals surface area contributed by atoms with Crippen molar-refractivity contribution in [3.8, 4) is 0 Å². The summed E-state index contributed by atoms with van der Waals surface area (Å²) in [6, 6.07) is 0.403. The zero-order valence-corrected chi connectivity index (χ0v) is 13.8. The summed E-state index contributed by atoms with van der Waals surface area (Å²) in [4.78, 5) is 2.07. The Hall–Kier alpha value is -0.890. The first-order valence-electron chi connectivity index (χ1n) is 7.69. The van der Waals surface area contributed by atoms with Gasteiger partial charge >= 0.3 is 0 Å². The summed E-state index contributed by atoms with van der Waals surface area (Å²) in [6.07, 6.45) is 6.67. The first-order valence-corrected chi connectivity index (χ1v) is 9.92. The smallest absolute Gasteiger partial charge is 0.226 e. The number of anilines is 1. The summed E-state index contributed by atoms with van der Waals surface area (Å²) >= 11 is 5.40. The minimum absolute atomic E-state index is 0.206. The van der Waals surface area contributed by atoms with Gasteiger partial charge in [0, 0.05) is 19.1 Å². The molecule has 8 heteroatoms. The van der Waals surface area contributed by atoms with Gasteiger partial charge in [0.05, 0.1) is 11.5 Å². The summed E-state index contributed by atoms with van der Waals surface area (Å²) in [7, 11) is -2.91. The van der Waals surface area contributed by atoms with Crippen molar-refractivity contribution in [1.29, 1.82) is 0 Å². The van der Waals surface area contributed by atoms with Gasteiger partial charge in [-0.25, -0.2) is 13.5 Å². The van der Waals surface area contributed by atoms with Crippen molar-refractivity contribution in [3.63, 3.8) is 0 Å². The van der Waals surface area contributed by atoms with Gasteiger partial charge in [-0.15, -0.1) is 5.10 Å². The van der Waals surface area contributed by atoms with Gasteiger partial charge in [0.1, 0.15) is 0 Å². The van der Waals surface area contributed by atoms with Gasteiger partial charge in [-0.05, 0) is 31.5 Å². The van der Waals surface area contributed by atoms with Gasteiger partial charge in [-0.1, -0.05) is 19.3 Å². The minimum atomic E-state index is -2.91. The van der Waals surface area contributed by atoms with Crippen molar-refractivity contribution in [2.24, 2.45) is 0 Å². The van der Waals surface area contributed by atoms with Gasteiger partial charge in [-0.2, -0.15) is 0 Å². The number of H-pyrrole nitrogens is 1. The SMILES string of the molecule is O=S1(=O)CCCN(c2n[nH]c(=S)n2C2CCCCC2)CC1. The van der Waals surface area contributed by atoms with E-state index in [1.54, 1.807) is 0 Å². The maximum atomic E-state index is 11.8. The molecule has 0 bridgehead atoms. The van der Waals surface area contributed by atoms with Gasteiger partial charge in [0.2, 0.25) is 5.95 Å². The fraction of sp³-hybridized carbons (Fsp3) is 0.846. The molecule has 0 atom stereocenters. The minimum Gasteiger partial charge on any atom is -0.340 e. The molecule has 1 saturated heterocycles. The number of aromatic amines is 1. The normalized spacial score (nSPS) is 23.9. The molecule has 0 unspecified atom stereocenters. The summed E-state index contributed by atoms with van der Waals surface area (Å²) in [5, 5.41) is 7.28. The topological polar surface area (TPSA) is 71.0 Å². The molecule has 118 valence electrons. The molecule has 1 saturated carbocycles. The summed E-state index contributed by atoms with van der Waals surface area (Å²) < 4.78 is 26.3. The number of rotatable bonds is 2. The Morgan fingerprint density at radius 1 is 1.10 bits per heavy atom. The second kappa shape index (κ2) is 6.08. The molecule has 21 heavy (non-hydrogen) atoms. The van der Waals surface area contributed by atoms with Crippen molar-refractivity contribution in [3.05, 3.63) is 4.77 Å². The van der Waals surface area contributed by atoms with Crippen LogP contribution in [0.25, 0.3) is 0 Å². The molecule has 0 amide bonds. The quantitative estimate of drug-likeness (QED) is 0.841. The molecule has 1 aromatic rings. The van der Waals surface area contributed by atoms with Gasteiger partial charge < -0.3 is 4.90 Å². The first kappa shape index (κ1) is 15.0. The fourth-order valence-corrected chi connectivity index (χ4v) is 4.87. The predicted octanol–water partition coefficient (Wildman–Crippen LogP) is 2.07. The second-order valence-electron chi connectivity index (χ2n) is 5.98. The van der Waals surface area contributed by atoms with Crippen molar-refractivity contribution in [2.75, 3.05) is 29.5 Å². The van der Waals surface area contributed by atoms with Crippen LogP contribution in [0.15, 0.2) is 0 Å². The van der Waals surface area contributed by atoms with Crippen LogP contribution in [0.1, 0.15) is 44.6 Å². The lowest BCUT2D eigenvalue weighted by Gasteiger charge is -2.28. The molecule has 1 aromatic heterocycles. The third-order valence-corrected chi connectivity index (χ3v) is 6.47. The molecule has 3 rings (SSSR count). The van der Waals surface area contributed by atoms with Crippen LogP contribution in [0.2, 0.25) is 0 Å². The molecular weight excluding hydrogens is 308 g/mol. The highest BCUT2D eigenvalue weighted by molar-refractivity contribution is 7.91. The highest BCUT2D eigenvalue weighted by Gasteiger charge is 2.26. The van der Waals surface area contributed by atoms with E-state index < -0.39 is 9.84 Å². The van der Waals surface area contributed by atoms with Gasteiger partial charge in [0.15, 0.2) is 14.6 Å². The molecule has 2 aliphatic rings. The third kappa shape index (κ3) is 3.31. The Kier molecular flexibility index (Phi) is 4.35. The van der Waals surface area contributed by atoms with E-state index in [1.807, 2.05) is 0 Å². The average molecular weight is 330 g/mol. The van der Waals surface area contributed by atoms with Gasteiger partial charge in [0.25, 0.3) is 0 Å². The van der Waals surface area contributed by atoms with Crippen LogP contribution in [0.5, 0.6) is 0 Å². The van der Waals surface area contributed by atoms with E-state index in [4.69, 9.17) is 12.2 Å². The number of sulfone groups is 1. The standard InChI is InChI=1S/C13H22N4O2S2/c18-21(19)9-4-7-16(8-10-21)12-14-15-13(20)17(12)11-5-2-1-3-6-11/h11H,1-10H2,(H,15,20). The van der Waals surface area contributed by atoms with Crippen LogP contribution in [0, 0.1) is 4.77 Å². The van der Waals surface area contributed by atoms with E-state index in [0.717, 1.165) is 25.3 Å². The maximum Gasteiger partial charge on any atom is 0.226 e. The number of hydrogen-bond donors (Lipinski definition) is 1. The van der Waals surface area contributed by atoms with Crippen LogP contribution in [0.3, 0.4) is 0 Å². The average Bonchev–Trinajstić information content (AvgIpc) is 2.75. The van der Waals surface area contributed by atoms with Crippen molar-refractivity contribution in [2.45, 2.75) is 44.6 Å². The van der Waals surface area contributed by atoms with E-state index in [0.29, 0.717) is 23.8 Å². The molecule has 1 N–H and O–H groups in total. The van der Waals surface area contributed by atoms with E-state index in [9.17, 15) is 8.42 Å². The lowest BCUT2D eigenvalue weighted by molar-refractivity contribution is 0.350. The highest BCUT2D eigenvalue weighted by Crippen LogP contribution is 2.31. The molecule has 2 heterocycles. The molecule has 6 nitrogen and oxygen atoms in total. The van der Waals surface area contributed by atoms with E-state index in [1.165, 1.54) is 19.3 Å². The Bertz CT molecular complexity index is 643. The summed E-state index contributed by atoms with van der Waals surface area (Å²) in [5.41, 5.74) is 0. The van der Waals surface area contributed by atoms with Crippen LogP contribution in [-0.2, 0) is 9.84 Å². The molecule has 2 fully saturated rings. The molecule has 0 spiro atoms. The number of hydrogen-bond acceptors (Lipinski definition) is 5. The Labute approximate surface area is 130 Å². The molecule has 0 aromatic carbocycles. The van der Waals surface area contributed by atoms with Gasteiger partial charge in [-0.3, -0.25) is 4.57 Å². The maximum absolute atomic E-state index is 11.8. The molecule has 0 radical (unpaired) electrons. The first-order chi connectivity index (χ1) is 10.1. The third-order valence-electron chi connectivity index (χ3n) is 4.46. The van der Waals surface area contributed by atoms with Crippen LogP contribution in [-0.4, -0.2) is 47.8 Å². The second-order valence-corrected chi connectivity index (χ2v) is 8.67. The molecule has 1 aliphatic carbocycles. The summed E-state index contributed by atoms with van der Waals surface area (Å²) in [6.45, 7) is 1.24. The Morgan fingerprint density at radius 2 is 1.86 bits per heavy atom. The van der Waals surface area contributed by atoms with E-state index in [-0.39, 0.29) is 11.5 Å².